The number of rotatable bonds is 9. The molecule has 0 radical (unpaired) electrons. The minimum atomic E-state index is -4.16. The van der Waals surface area contributed by atoms with Gasteiger partial charge in [-0.05, 0) is 76.9 Å². The van der Waals surface area contributed by atoms with E-state index in [4.69, 9.17) is 11.6 Å². The second-order valence-corrected chi connectivity index (χ2v) is 12.9. The van der Waals surface area contributed by atoms with Crippen LogP contribution in [-0.4, -0.2) is 43.3 Å². The van der Waals surface area contributed by atoms with Gasteiger partial charge >= 0.3 is 0 Å². The molecule has 0 spiro atoms. The lowest BCUT2D eigenvalue weighted by Gasteiger charge is -2.34. The third-order valence-electron chi connectivity index (χ3n) is 6.26. The van der Waals surface area contributed by atoms with E-state index in [1.165, 1.54) is 17.0 Å². The lowest BCUT2D eigenvalue weighted by atomic mass is 10.1. The topological polar surface area (TPSA) is 86.8 Å². The van der Waals surface area contributed by atoms with Gasteiger partial charge in [-0.3, -0.25) is 13.9 Å². The first kappa shape index (κ1) is 30.2. The van der Waals surface area contributed by atoms with Gasteiger partial charge in [0.1, 0.15) is 12.6 Å². The van der Waals surface area contributed by atoms with Gasteiger partial charge in [-0.2, -0.15) is 0 Å². The zero-order chi connectivity index (χ0) is 29.0. The molecule has 3 aromatic rings. The first-order valence-corrected chi connectivity index (χ1v) is 14.5. The molecule has 0 saturated carbocycles. The quantitative estimate of drug-likeness (QED) is 0.369. The molecule has 0 saturated heterocycles. The normalized spacial score (nSPS) is 12.5. The fourth-order valence-corrected chi connectivity index (χ4v) is 5.70. The van der Waals surface area contributed by atoms with Crippen molar-refractivity contribution >= 4 is 39.1 Å². The lowest BCUT2D eigenvalue weighted by Crippen LogP contribution is -2.54. The van der Waals surface area contributed by atoms with Crippen LogP contribution in [0, 0.1) is 13.8 Å². The van der Waals surface area contributed by atoms with Crippen molar-refractivity contribution < 1.29 is 18.0 Å². The summed E-state index contributed by atoms with van der Waals surface area (Å²) < 4.78 is 29.0. The van der Waals surface area contributed by atoms with Crippen molar-refractivity contribution in [1.29, 1.82) is 0 Å². The molecule has 7 nitrogen and oxygen atoms in total. The van der Waals surface area contributed by atoms with Crippen molar-refractivity contribution in [3.05, 3.63) is 94.5 Å². The second-order valence-electron chi connectivity index (χ2n) is 10.6. The van der Waals surface area contributed by atoms with Crippen LogP contribution in [0.15, 0.2) is 77.7 Å². The van der Waals surface area contributed by atoms with E-state index in [2.05, 4.69) is 5.32 Å². The average Bonchev–Trinajstić information content (AvgIpc) is 2.87. The second kappa shape index (κ2) is 12.2. The first-order chi connectivity index (χ1) is 18.2. The summed E-state index contributed by atoms with van der Waals surface area (Å²) in [5, 5.41) is 3.30. The van der Waals surface area contributed by atoms with Gasteiger partial charge in [0.2, 0.25) is 11.8 Å². The maximum absolute atomic E-state index is 14.0. The van der Waals surface area contributed by atoms with Crippen molar-refractivity contribution in [3.8, 4) is 0 Å². The molecule has 0 heterocycles. The number of nitrogens with zero attached hydrogens (tertiary/aromatic N) is 2. The van der Waals surface area contributed by atoms with E-state index in [1.807, 2.05) is 58.0 Å². The van der Waals surface area contributed by atoms with Crippen LogP contribution < -0.4 is 9.62 Å². The van der Waals surface area contributed by atoms with Crippen LogP contribution in [0.2, 0.25) is 5.02 Å². The molecule has 0 aliphatic rings. The van der Waals surface area contributed by atoms with E-state index in [9.17, 15) is 18.0 Å². The predicted molar refractivity (Wildman–Crippen MR) is 156 cm³/mol. The van der Waals surface area contributed by atoms with E-state index in [1.54, 1.807) is 44.2 Å². The minimum Gasteiger partial charge on any atom is -0.350 e. The molecule has 1 atom stereocenters. The van der Waals surface area contributed by atoms with E-state index in [0.29, 0.717) is 16.3 Å². The third-order valence-corrected chi connectivity index (χ3v) is 8.44. The Kier molecular flexibility index (Phi) is 9.46. The molecule has 0 unspecified atom stereocenters. The highest BCUT2D eigenvalue weighted by Crippen LogP contribution is 2.31. The molecule has 0 aliphatic heterocycles. The maximum Gasteiger partial charge on any atom is 0.264 e. The standard InChI is InChI=1S/C30H36ClN3O4S/c1-21-15-17-25(18-16-21)39(37,38)34(27-14-10-13-26(31)22(27)2)20-28(35)33(19-24-11-8-7-9-12-24)23(3)29(36)32-30(4,5)6/h7-18,23H,19-20H2,1-6H3,(H,32,36)/t23-/m1/s1. The molecule has 3 rings (SSSR count). The van der Waals surface area contributed by atoms with Gasteiger partial charge in [0.25, 0.3) is 10.0 Å². The molecular weight excluding hydrogens is 534 g/mol. The van der Waals surface area contributed by atoms with Gasteiger partial charge in [-0.1, -0.05) is 65.7 Å². The zero-order valence-electron chi connectivity index (χ0n) is 23.2. The van der Waals surface area contributed by atoms with E-state index >= 15 is 0 Å². The van der Waals surface area contributed by atoms with Crippen molar-refractivity contribution in [2.24, 2.45) is 0 Å². The summed E-state index contributed by atoms with van der Waals surface area (Å²) >= 11 is 6.36. The number of anilines is 1. The van der Waals surface area contributed by atoms with Gasteiger partial charge in [-0.25, -0.2) is 8.42 Å². The fourth-order valence-electron chi connectivity index (χ4n) is 4.05. The summed E-state index contributed by atoms with van der Waals surface area (Å²) in [6, 6.07) is 19.8. The highest BCUT2D eigenvalue weighted by molar-refractivity contribution is 7.92. The number of sulfonamides is 1. The van der Waals surface area contributed by atoms with Crippen LogP contribution in [0.4, 0.5) is 5.69 Å². The Balaban J connectivity index is 2.07. The number of carbonyl (C=O) groups excluding carboxylic acids is 2. The van der Waals surface area contributed by atoms with Crippen LogP contribution >= 0.6 is 11.6 Å². The minimum absolute atomic E-state index is 0.0495. The Morgan fingerprint density at radius 1 is 0.923 bits per heavy atom. The van der Waals surface area contributed by atoms with Gasteiger partial charge in [0.05, 0.1) is 10.6 Å². The summed E-state index contributed by atoms with van der Waals surface area (Å²) in [6.45, 7) is 10.4. The fraction of sp³-hybridized carbons (Fsp3) is 0.333. The van der Waals surface area contributed by atoms with Crippen LogP contribution in [0.25, 0.3) is 0 Å². The Hall–Kier alpha value is -3.36. The molecule has 3 aromatic carbocycles. The van der Waals surface area contributed by atoms with Crippen molar-refractivity contribution in [3.63, 3.8) is 0 Å². The smallest absolute Gasteiger partial charge is 0.264 e. The lowest BCUT2D eigenvalue weighted by molar-refractivity contribution is -0.140. The largest absolute Gasteiger partial charge is 0.350 e. The monoisotopic (exact) mass is 569 g/mol. The van der Waals surface area contributed by atoms with Gasteiger partial charge < -0.3 is 10.2 Å². The van der Waals surface area contributed by atoms with Gasteiger partial charge in [0, 0.05) is 17.1 Å². The van der Waals surface area contributed by atoms with Gasteiger partial charge in [0.15, 0.2) is 0 Å². The summed E-state index contributed by atoms with van der Waals surface area (Å²) in [4.78, 5) is 28.6. The number of benzene rings is 3. The molecule has 2 amide bonds. The number of nitrogens with one attached hydrogen (secondary N) is 1. The Bertz CT molecular complexity index is 1420. The van der Waals surface area contributed by atoms with Crippen molar-refractivity contribution in [2.45, 2.75) is 64.6 Å². The first-order valence-electron chi connectivity index (χ1n) is 12.7. The maximum atomic E-state index is 14.0. The van der Waals surface area contributed by atoms with E-state index in [0.717, 1.165) is 15.4 Å². The van der Waals surface area contributed by atoms with Crippen LogP contribution in [0.3, 0.4) is 0 Å². The Morgan fingerprint density at radius 2 is 1.54 bits per heavy atom. The highest BCUT2D eigenvalue weighted by atomic mass is 35.5. The number of carbonyl (C=O) groups is 2. The summed E-state index contributed by atoms with van der Waals surface area (Å²) in [5.41, 5.74) is 2.03. The molecule has 0 aromatic heterocycles. The molecular formula is C30H36ClN3O4S. The number of hydrogen-bond donors (Lipinski definition) is 1. The van der Waals surface area contributed by atoms with Crippen molar-refractivity contribution in [1.82, 2.24) is 10.2 Å². The van der Waals surface area contributed by atoms with Gasteiger partial charge in [-0.15, -0.1) is 0 Å². The summed E-state index contributed by atoms with van der Waals surface area (Å²) in [7, 11) is -4.16. The number of aryl methyl sites for hydroxylation is 1. The molecule has 9 heteroatoms. The zero-order valence-corrected chi connectivity index (χ0v) is 24.8. The summed E-state index contributed by atoms with van der Waals surface area (Å²) in [6.07, 6.45) is 0. The Labute approximate surface area is 236 Å². The number of amides is 2. The van der Waals surface area contributed by atoms with Crippen LogP contribution in [-0.2, 0) is 26.2 Å². The highest BCUT2D eigenvalue weighted by Gasteiger charge is 2.34. The molecule has 0 bridgehead atoms. The predicted octanol–water partition coefficient (Wildman–Crippen LogP) is 5.48. The number of halogens is 1. The third kappa shape index (κ3) is 7.61. The van der Waals surface area contributed by atoms with E-state index < -0.39 is 34.1 Å². The molecule has 0 fully saturated rings. The Morgan fingerprint density at radius 3 is 2.13 bits per heavy atom. The van der Waals surface area contributed by atoms with Crippen molar-refractivity contribution in [2.75, 3.05) is 10.8 Å². The van der Waals surface area contributed by atoms with E-state index in [-0.39, 0.29) is 17.3 Å². The molecule has 208 valence electrons. The molecule has 0 aliphatic carbocycles. The molecule has 1 N–H and O–H groups in total. The van der Waals surface area contributed by atoms with Crippen LogP contribution in [0.5, 0.6) is 0 Å². The number of hydrogen-bond acceptors (Lipinski definition) is 4. The SMILES string of the molecule is Cc1ccc(S(=O)(=O)N(CC(=O)N(Cc2ccccc2)[C@H](C)C(=O)NC(C)(C)C)c2cccc(Cl)c2C)cc1. The average molecular weight is 570 g/mol. The molecule has 39 heavy (non-hydrogen) atoms. The summed E-state index contributed by atoms with van der Waals surface area (Å²) in [5.74, 6) is -0.857. The van der Waals surface area contributed by atoms with Crippen LogP contribution in [0.1, 0.15) is 44.4 Å².